The smallest absolute Gasteiger partial charge is 0.225 e. The monoisotopic (exact) mass is 438 g/mol. The van der Waals surface area contributed by atoms with Crippen molar-refractivity contribution < 1.29 is 4.74 Å². The minimum Gasteiger partial charge on any atom is -0.497 e. The summed E-state index contributed by atoms with van der Waals surface area (Å²) in [5, 5.41) is 8.95. The molecule has 1 aromatic heterocycles. The predicted octanol–water partition coefficient (Wildman–Crippen LogP) is 6.17. The Balaban J connectivity index is 1.57. The van der Waals surface area contributed by atoms with E-state index in [9.17, 15) is 0 Å². The summed E-state index contributed by atoms with van der Waals surface area (Å²) in [5.41, 5.74) is 2.97. The Morgan fingerprint density at radius 1 is 0.767 bits per heavy atom. The molecule has 0 fully saturated rings. The van der Waals surface area contributed by atoms with Crippen LogP contribution in [0.5, 0.6) is 5.75 Å². The number of hydrogen-bond donors (Lipinski definition) is 2. The number of methoxy groups -OCH3 is 1. The van der Waals surface area contributed by atoms with E-state index in [1.165, 1.54) is 0 Å². The van der Waals surface area contributed by atoms with Crippen molar-refractivity contribution in [1.29, 1.82) is 0 Å². The molecule has 0 saturated heterocycles. The lowest BCUT2D eigenvalue weighted by Crippen LogP contribution is -2.08. The number of nitrogens with one attached hydrogen (secondary N) is 2. The molecule has 0 amide bonds. The topological polar surface area (TPSA) is 59.1 Å². The highest BCUT2D eigenvalue weighted by Crippen LogP contribution is 2.26. The minimum atomic E-state index is 0.527. The molecule has 0 aliphatic carbocycles. The van der Waals surface area contributed by atoms with Crippen molar-refractivity contribution in [2.75, 3.05) is 17.7 Å². The number of ether oxygens (including phenoxy) is 1. The van der Waals surface area contributed by atoms with Crippen LogP contribution in [-0.4, -0.2) is 17.1 Å². The van der Waals surface area contributed by atoms with Crippen LogP contribution in [0.4, 0.5) is 11.8 Å². The first-order chi connectivity index (χ1) is 14.6. The summed E-state index contributed by atoms with van der Waals surface area (Å²) in [6, 6.07) is 21.2. The zero-order chi connectivity index (χ0) is 20.9. The summed E-state index contributed by atoms with van der Waals surface area (Å²) in [6.45, 7) is 1.20. The van der Waals surface area contributed by atoms with Crippen molar-refractivity contribution in [1.82, 2.24) is 9.97 Å². The normalized spacial score (nSPS) is 10.8. The number of hydrogen-bond acceptors (Lipinski definition) is 5. The van der Waals surface area contributed by atoms with Gasteiger partial charge >= 0.3 is 0 Å². The Kier molecular flexibility index (Phi) is 6.21. The molecule has 0 radical (unpaired) electrons. The van der Waals surface area contributed by atoms with Gasteiger partial charge in [-0.25, -0.2) is 4.98 Å². The van der Waals surface area contributed by atoms with Crippen molar-refractivity contribution in [3.63, 3.8) is 0 Å². The van der Waals surface area contributed by atoms with Gasteiger partial charge < -0.3 is 15.4 Å². The highest BCUT2D eigenvalue weighted by atomic mass is 35.5. The van der Waals surface area contributed by atoms with Gasteiger partial charge in [0.25, 0.3) is 0 Å². The lowest BCUT2D eigenvalue weighted by Gasteiger charge is -2.12. The molecule has 3 aromatic carbocycles. The van der Waals surface area contributed by atoms with E-state index < -0.39 is 0 Å². The summed E-state index contributed by atoms with van der Waals surface area (Å²) in [5.74, 6) is 2.09. The zero-order valence-electron chi connectivity index (χ0n) is 16.3. The Bertz CT molecular complexity index is 1150. The fourth-order valence-corrected chi connectivity index (χ4v) is 3.32. The molecule has 1 heterocycles. The van der Waals surface area contributed by atoms with Crippen LogP contribution in [0.1, 0.15) is 11.1 Å². The van der Waals surface area contributed by atoms with Crippen LogP contribution in [0, 0.1) is 0 Å². The number of benzene rings is 3. The molecule has 0 bridgehead atoms. The van der Waals surface area contributed by atoms with Gasteiger partial charge in [-0.05, 0) is 53.6 Å². The molecule has 0 aliphatic rings. The van der Waals surface area contributed by atoms with E-state index in [4.69, 9.17) is 27.9 Å². The number of nitrogens with zero attached hydrogens (tertiary/aromatic N) is 2. The van der Waals surface area contributed by atoms with Crippen molar-refractivity contribution in [2.45, 2.75) is 13.1 Å². The molecule has 0 unspecified atom stereocenters. The molecular weight excluding hydrogens is 419 g/mol. The lowest BCUT2D eigenvalue weighted by molar-refractivity contribution is 0.414. The third-order valence-electron chi connectivity index (χ3n) is 4.64. The fraction of sp³-hybridized carbons (Fsp3) is 0.130. The zero-order valence-corrected chi connectivity index (χ0v) is 17.8. The number of halogens is 2. The summed E-state index contributed by atoms with van der Waals surface area (Å²) in [7, 11) is 1.65. The van der Waals surface area contributed by atoms with Crippen molar-refractivity contribution >= 4 is 45.9 Å². The summed E-state index contributed by atoms with van der Waals surface area (Å²) < 4.78 is 5.20. The van der Waals surface area contributed by atoms with Crippen LogP contribution >= 0.6 is 23.2 Å². The van der Waals surface area contributed by atoms with Crippen molar-refractivity contribution in [3.8, 4) is 5.75 Å². The molecule has 2 N–H and O–H groups in total. The molecule has 152 valence electrons. The van der Waals surface area contributed by atoms with Gasteiger partial charge in [0.1, 0.15) is 11.6 Å². The van der Waals surface area contributed by atoms with Gasteiger partial charge in [0.05, 0.1) is 12.6 Å². The molecule has 4 rings (SSSR count). The summed E-state index contributed by atoms with van der Waals surface area (Å²) >= 11 is 12.2. The molecule has 4 aromatic rings. The van der Waals surface area contributed by atoms with Crippen molar-refractivity contribution in [2.24, 2.45) is 0 Å². The maximum absolute atomic E-state index is 6.19. The summed E-state index contributed by atoms with van der Waals surface area (Å²) in [4.78, 5) is 9.31. The molecule has 7 heteroatoms. The van der Waals surface area contributed by atoms with E-state index in [-0.39, 0.29) is 0 Å². The number of aromatic nitrogens is 2. The van der Waals surface area contributed by atoms with Gasteiger partial charge in [-0.15, -0.1) is 0 Å². The van der Waals surface area contributed by atoms with Gasteiger partial charge in [0.15, 0.2) is 0 Å². The lowest BCUT2D eigenvalue weighted by atomic mass is 10.2. The Hall–Kier alpha value is -3.02. The van der Waals surface area contributed by atoms with E-state index >= 15 is 0 Å². The van der Waals surface area contributed by atoms with Crippen LogP contribution in [0.2, 0.25) is 10.0 Å². The van der Waals surface area contributed by atoms with Gasteiger partial charge in [0, 0.05) is 28.5 Å². The fourth-order valence-electron chi connectivity index (χ4n) is 3.03. The molecule has 0 saturated carbocycles. The van der Waals surface area contributed by atoms with Gasteiger partial charge in [-0.3, -0.25) is 0 Å². The highest BCUT2D eigenvalue weighted by molar-refractivity contribution is 6.31. The average Bonchev–Trinajstić information content (AvgIpc) is 2.77. The van der Waals surface area contributed by atoms with Gasteiger partial charge in [-0.2, -0.15) is 4.98 Å². The quantitative estimate of drug-likeness (QED) is 0.361. The Morgan fingerprint density at radius 2 is 1.40 bits per heavy atom. The highest BCUT2D eigenvalue weighted by Gasteiger charge is 2.09. The van der Waals surface area contributed by atoms with Crippen LogP contribution in [-0.2, 0) is 13.1 Å². The Labute approximate surface area is 185 Å². The first kappa shape index (κ1) is 20.3. The summed E-state index contributed by atoms with van der Waals surface area (Å²) in [6.07, 6.45) is 0. The average molecular weight is 439 g/mol. The van der Waals surface area contributed by atoms with Crippen LogP contribution < -0.4 is 15.4 Å². The number of fused-ring (bicyclic) bond motifs is 1. The van der Waals surface area contributed by atoms with Gasteiger partial charge in [-0.1, -0.05) is 47.5 Å². The number of anilines is 2. The molecule has 0 atom stereocenters. The first-order valence-electron chi connectivity index (χ1n) is 9.43. The maximum Gasteiger partial charge on any atom is 0.225 e. The second-order valence-electron chi connectivity index (χ2n) is 6.74. The van der Waals surface area contributed by atoms with E-state index in [1.54, 1.807) is 7.11 Å². The second-order valence-corrected chi connectivity index (χ2v) is 7.61. The van der Waals surface area contributed by atoms with Crippen LogP contribution in [0.15, 0.2) is 66.7 Å². The molecular formula is C23H20Cl2N4O. The number of rotatable bonds is 7. The van der Waals surface area contributed by atoms with E-state index in [0.29, 0.717) is 29.1 Å². The molecule has 30 heavy (non-hydrogen) atoms. The third kappa shape index (κ3) is 4.93. The molecule has 5 nitrogen and oxygen atoms in total. The van der Waals surface area contributed by atoms with Gasteiger partial charge in [0.2, 0.25) is 5.95 Å². The van der Waals surface area contributed by atoms with Crippen LogP contribution in [0.25, 0.3) is 10.9 Å². The molecule has 0 spiro atoms. The largest absolute Gasteiger partial charge is 0.497 e. The second kappa shape index (κ2) is 9.20. The first-order valence-corrected chi connectivity index (χ1v) is 10.2. The molecule has 0 aliphatic heterocycles. The standard InChI is InChI=1S/C23H20Cl2N4O/c1-30-19-9-4-16(5-10-19)14-27-23-28-21-12-18(25)8-11-20(21)22(29-23)26-13-15-2-6-17(24)7-3-15/h2-12H,13-14H2,1H3,(H2,26,27,28,29). The van der Waals surface area contributed by atoms with E-state index in [1.807, 2.05) is 66.7 Å². The third-order valence-corrected chi connectivity index (χ3v) is 5.13. The minimum absolute atomic E-state index is 0.527. The maximum atomic E-state index is 6.19. The predicted molar refractivity (Wildman–Crippen MR) is 124 cm³/mol. The van der Waals surface area contributed by atoms with E-state index in [0.717, 1.165) is 33.6 Å². The Morgan fingerprint density at radius 3 is 2.10 bits per heavy atom. The van der Waals surface area contributed by atoms with Crippen molar-refractivity contribution in [3.05, 3.63) is 87.9 Å². The van der Waals surface area contributed by atoms with E-state index in [2.05, 4.69) is 20.6 Å². The van der Waals surface area contributed by atoms with Crippen LogP contribution in [0.3, 0.4) is 0 Å². The SMILES string of the molecule is COc1ccc(CNc2nc(NCc3ccc(Cl)cc3)c3ccc(Cl)cc3n2)cc1.